The Morgan fingerprint density at radius 3 is 2.69 bits per heavy atom. The molecule has 0 aromatic heterocycles. The van der Waals surface area contributed by atoms with Crippen LogP contribution in [0.3, 0.4) is 0 Å². The molecule has 0 unspecified atom stereocenters. The highest BCUT2D eigenvalue weighted by Crippen LogP contribution is 2.74. The zero-order valence-electron chi connectivity index (χ0n) is 16.6. The van der Waals surface area contributed by atoms with Crippen molar-refractivity contribution in [3.05, 3.63) is 11.6 Å². The van der Waals surface area contributed by atoms with Crippen LogP contribution in [0.25, 0.3) is 0 Å². The number of aliphatic hydroxyl groups is 1. The van der Waals surface area contributed by atoms with Crippen molar-refractivity contribution in [1.82, 2.24) is 0 Å². The van der Waals surface area contributed by atoms with Gasteiger partial charge in [-0.15, -0.1) is 0 Å². The van der Waals surface area contributed by atoms with Gasteiger partial charge in [0, 0.05) is 17.7 Å². The molecule has 3 fully saturated rings. The Morgan fingerprint density at radius 1 is 1.31 bits per heavy atom. The number of carbonyl (C=O) groups excluding carboxylic acids is 1. The van der Waals surface area contributed by atoms with Crippen LogP contribution in [0.15, 0.2) is 11.6 Å². The number of hydrogen-bond donors (Lipinski definition) is 1. The van der Waals surface area contributed by atoms with E-state index < -0.39 is 0 Å². The summed E-state index contributed by atoms with van der Waals surface area (Å²) in [5.74, 6) is 1.76. The van der Waals surface area contributed by atoms with Gasteiger partial charge < -0.3 is 9.84 Å². The molecule has 4 rings (SSSR count). The molecule has 0 saturated heterocycles. The zero-order chi connectivity index (χ0) is 18.9. The van der Waals surface area contributed by atoms with E-state index in [0.29, 0.717) is 17.3 Å². The highest BCUT2D eigenvalue weighted by atomic mass is 79.9. The fourth-order valence-electron chi connectivity index (χ4n) is 7.17. The summed E-state index contributed by atoms with van der Waals surface area (Å²) >= 11 is 3.72. The number of fused-ring (bicyclic) bond motifs is 5. The van der Waals surface area contributed by atoms with Gasteiger partial charge in [0.2, 0.25) is 0 Å². The van der Waals surface area contributed by atoms with Crippen LogP contribution >= 0.6 is 15.9 Å². The summed E-state index contributed by atoms with van der Waals surface area (Å²) in [5.41, 5.74) is 2.27. The van der Waals surface area contributed by atoms with E-state index in [9.17, 15) is 9.90 Å². The molecule has 0 spiro atoms. The van der Waals surface area contributed by atoms with Crippen molar-refractivity contribution in [2.45, 2.75) is 77.2 Å². The maximum Gasteiger partial charge on any atom is 0.302 e. The second kappa shape index (κ2) is 6.07. The highest BCUT2D eigenvalue weighted by Gasteiger charge is 2.69. The van der Waals surface area contributed by atoms with Gasteiger partial charge >= 0.3 is 5.97 Å². The molecular formula is C22H33BrO3. The van der Waals surface area contributed by atoms with Gasteiger partial charge in [-0.2, -0.15) is 0 Å². The Hall–Kier alpha value is -0.350. The molecule has 0 radical (unpaired) electrons. The van der Waals surface area contributed by atoms with Crippen LogP contribution in [0.2, 0.25) is 0 Å². The van der Waals surface area contributed by atoms with Crippen molar-refractivity contribution in [1.29, 1.82) is 0 Å². The molecule has 4 heteroatoms. The SMILES string of the molecule is CC(=O)O[C@@H]1C[C@@]2(C)C3=CC[C@](C)([C@H](Br)CO)C[C@H]3CC[C@@H]2[C@@]2(C)C[C@@H]12. The third kappa shape index (κ3) is 2.65. The van der Waals surface area contributed by atoms with Gasteiger partial charge in [0.25, 0.3) is 0 Å². The van der Waals surface area contributed by atoms with Crippen LogP contribution in [-0.2, 0) is 9.53 Å². The minimum Gasteiger partial charge on any atom is -0.462 e. The first-order valence-corrected chi connectivity index (χ1v) is 11.2. The van der Waals surface area contributed by atoms with E-state index in [2.05, 4.69) is 42.8 Å². The topological polar surface area (TPSA) is 46.5 Å². The van der Waals surface area contributed by atoms with E-state index in [1.807, 2.05) is 0 Å². The Bertz CT molecular complexity index is 645. The number of ether oxygens (including phenoxy) is 1. The van der Waals surface area contributed by atoms with Crippen LogP contribution in [-0.4, -0.2) is 28.6 Å². The van der Waals surface area contributed by atoms with E-state index in [1.54, 1.807) is 12.5 Å². The third-order valence-electron chi connectivity index (χ3n) is 8.62. The molecule has 3 saturated carbocycles. The number of halogens is 1. The summed E-state index contributed by atoms with van der Waals surface area (Å²) in [4.78, 5) is 11.8. The van der Waals surface area contributed by atoms with E-state index in [1.165, 1.54) is 19.3 Å². The first kappa shape index (κ1) is 19.0. The van der Waals surface area contributed by atoms with Crippen molar-refractivity contribution in [2.75, 3.05) is 6.61 Å². The Kier molecular flexibility index (Phi) is 4.43. The number of allylic oxidation sites excluding steroid dienone is 2. The number of hydrogen-bond acceptors (Lipinski definition) is 3. The molecule has 146 valence electrons. The standard InChI is InChI=1S/C22H33BrO3/c1-13(25)26-17-11-22(4)15-7-8-20(2,19(23)12-24)9-14(15)5-6-18(22)21(3)10-16(17)21/h7,14,16-19,24H,5-6,8-12H2,1-4H3/t14-,16+,17-,18-,19-,20+,21+,22+/m1/s1. The summed E-state index contributed by atoms with van der Waals surface area (Å²) < 4.78 is 5.79. The maximum absolute atomic E-state index is 11.7. The number of alkyl halides is 1. The van der Waals surface area contributed by atoms with Crippen molar-refractivity contribution in [2.24, 2.45) is 34.0 Å². The fourth-order valence-corrected chi connectivity index (χ4v) is 7.55. The van der Waals surface area contributed by atoms with Crippen molar-refractivity contribution in [3.8, 4) is 0 Å². The van der Waals surface area contributed by atoms with Crippen molar-refractivity contribution >= 4 is 21.9 Å². The predicted octanol–water partition coefficient (Wildman–Crippen LogP) is 4.86. The van der Waals surface area contributed by atoms with Gasteiger partial charge in [-0.1, -0.05) is 48.4 Å². The fraction of sp³-hybridized carbons (Fsp3) is 0.864. The van der Waals surface area contributed by atoms with Crippen molar-refractivity contribution in [3.63, 3.8) is 0 Å². The third-order valence-corrected chi connectivity index (χ3v) is 10.0. The van der Waals surface area contributed by atoms with Gasteiger partial charge in [0.05, 0.1) is 6.61 Å². The quantitative estimate of drug-likeness (QED) is 0.399. The largest absolute Gasteiger partial charge is 0.462 e. The normalized spacial score (nSPS) is 50.6. The summed E-state index contributed by atoms with van der Waals surface area (Å²) in [5, 5.41) is 9.66. The Balaban J connectivity index is 1.65. The lowest BCUT2D eigenvalue weighted by molar-refractivity contribution is -0.154. The van der Waals surface area contributed by atoms with Gasteiger partial charge in [-0.3, -0.25) is 4.79 Å². The second-order valence-electron chi connectivity index (χ2n) is 10.3. The molecule has 4 aliphatic carbocycles. The molecular weight excluding hydrogens is 392 g/mol. The van der Waals surface area contributed by atoms with Crippen LogP contribution in [0.4, 0.5) is 0 Å². The zero-order valence-corrected chi connectivity index (χ0v) is 18.1. The summed E-state index contributed by atoms with van der Waals surface area (Å²) in [6, 6.07) is 0. The molecule has 0 amide bonds. The van der Waals surface area contributed by atoms with Crippen LogP contribution in [0.1, 0.15) is 66.2 Å². The average Bonchev–Trinajstić information content (AvgIpc) is 3.26. The summed E-state index contributed by atoms with van der Waals surface area (Å²) in [6.45, 7) is 8.94. The van der Waals surface area contributed by atoms with Gasteiger partial charge in [-0.05, 0) is 66.6 Å². The average molecular weight is 425 g/mol. The van der Waals surface area contributed by atoms with Crippen LogP contribution < -0.4 is 0 Å². The second-order valence-corrected chi connectivity index (χ2v) is 11.4. The molecule has 0 heterocycles. The maximum atomic E-state index is 11.7. The van der Waals surface area contributed by atoms with E-state index in [4.69, 9.17) is 4.74 Å². The van der Waals surface area contributed by atoms with E-state index >= 15 is 0 Å². The first-order chi connectivity index (χ1) is 12.1. The van der Waals surface area contributed by atoms with Gasteiger partial charge in [-0.25, -0.2) is 0 Å². The highest BCUT2D eigenvalue weighted by molar-refractivity contribution is 9.09. The molecule has 0 aliphatic heterocycles. The minimum atomic E-state index is -0.131. The lowest BCUT2D eigenvalue weighted by Crippen LogP contribution is -2.51. The lowest BCUT2D eigenvalue weighted by Gasteiger charge is -2.57. The number of carbonyl (C=O) groups is 1. The van der Waals surface area contributed by atoms with Crippen LogP contribution in [0.5, 0.6) is 0 Å². The lowest BCUT2D eigenvalue weighted by atomic mass is 9.49. The summed E-state index contributed by atoms with van der Waals surface area (Å²) in [7, 11) is 0. The number of esters is 1. The number of aliphatic hydroxyl groups excluding tert-OH is 1. The molecule has 0 bridgehead atoms. The molecule has 26 heavy (non-hydrogen) atoms. The molecule has 0 aromatic carbocycles. The molecule has 3 nitrogen and oxygen atoms in total. The van der Waals surface area contributed by atoms with Gasteiger partial charge in [0.1, 0.15) is 6.10 Å². The predicted molar refractivity (Wildman–Crippen MR) is 106 cm³/mol. The smallest absolute Gasteiger partial charge is 0.302 e. The van der Waals surface area contributed by atoms with Crippen molar-refractivity contribution < 1.29 is 14.6 Å². The molecule has 8 atom stereocenters. The minimum absolute atomic E-state index is 0.0908. The van der Waals surface area contributed by atoms with E-state index in [0.717, 1.165) is 25.2 Å². The van der Waals surface area contributed by atoms with Gasteiger partial charge in [0.15, 0.2) is 0 Å². The monoisotopic (exact) mass is 424 g/mol. The molecule has 0 aromatic rings. The van der Waals surface area contributed by atoms with Crippen LogP contribution in [0, 0.1) is 34.0 Å². The Labute approximate surface area is 166 Å². The first-order valence-electron chi connectivity index (χ1n) is 10.3. The molecule has 1 N–H and O–H groups in total. The molecule has 4 aliphatic rings. The number of rotatable bonds is 3. The van der Waals surface area contributed by atoms with E-state index in [-0.39, 0.29) is 34.3 Å². The Morgan fingerprint density at radius 2 is 2.04 bits per heavy atom. The summed E-state index contributed by atoms with van der Waals surface area (Å²) in [6.07, 6.45) is 9.54.